The van der Waals surface area contributed by atoms with Gasteiger partial charge in [0.05, 0.1) is 25.4 Å². The van der Waals surface area contributed by atoms with E-state index in [1.54, 1.807) is 6.08 Å². The molecule has 3 N–H and O–H groups in total. The van der Waals surface area contributed by atoms with Crippen LogP contribution in [0, 0.1) is 0 Å². The van der Waals surface area contributed by atoms with Crippen LogP contribution in [0.3, 0.4) is 0 Å². The molecule has 0 rings (SSSR count). The van der Waals surface area contributed by atoms with Gasteiger partial charge in [0.1, 0.15) is 0 Å². The number of carbonyl (C=O) groups excluding carboxylic acids is 2. The van der Waals surface area contributed by atoms with Crippen LogP contribution < -0.4 is 5.32 Å². The predicted octanol–water partition coefficient (Wildman–Crippen LogP) is 22.9. The third-order valence-corrected chi connectivity index (χ3v) is 16.7. The molecule has 462 valence electrons. The maximum Gasteiger partial charge on any atom is 0.305 e. The van der Waals surface area contributed by atoms with Gasteiger partial charge < -0.3 is 20.3 Å². The van der Waals surface area contributed by atoms with Gasteiger partial charge in [-0.2, -0.15) is 0 Å². The Hall–Kier alpha value is -1.66. The van der Waals surface area contributed by atoms with Crippen LogP contribution in [0.1, 0.15) is 399 Å². The number of carbonyl (C=O) groups is 2. The van der Waals surface area contributed by atoms with E-state index in [4.69, 9.17) is 4.74 Å². The summed E-state index contributed by atoms with van der Waals surface area (Å²) in [5.41, 5.74) is 0. The Kier molecular flexibility index (Phi) is 66.4. The monoisotopic (exact) mass is 1100 g/mol. The van der Waals surface area contributed by atoms with Crippen molar-refractivity contribution < 1.29 is 24.5 Å². The zero-order valence-corrected chi connectivity index (χ0v) is 52.9. The lowest BCUT2D eigenvalue weighted by Crippen LogP contribution is -2.45. The number of nitrogens with one attached hydrogen (secondary N) is 1. The van der Waals surface area contributed by atoms with Gasteiger partial charge in [0.25, 0.3) is 0 Å². The van der Waals surface area contributed by atoms with Crippen molar-refractivity contribution in [2.75, 3.05) is 13.2 Å². The van der Waals surface area contributed by atoms with Gasteiger partial charge in [0, 0.05) is 12.8 Å². The van der Waals surface area contributed by atoms with E-state index < -0.39 is 12.1 Å². The Morgan fingerprint density at radius 1 is 0.346 bits per heavy atom. The van der Waals surface area contributed by atoms with E-state index in [0.717, 1.165) is 44.9 Å². The van der Waals surface area contributed by atoms with Crippen LogP contribution in [0.5, 0.6) is 0 Å². The zero-order chi connectivity index (χ0) is 56.4. The fourth-order valence-electron chi connectivity index (χ4n) is 11.3. The van der Waals surface area contributed by atoms with E-state index in [1.165, 1.54) is 327 Å². The molecule has 0 aromatic heterocycles. The highest BCUT2D eigenvalue weighted by Crippen LogP contribution is 2.19. The second-order valence-electron chi connectivity index (χ2n) is 24.6. The largest absolute Gasteiger partial charge is 0.466 e. The third-order valence-electron chi connectivity index (χ3n) is 16.7. The van der Waals surface area contributed by atoms with Crippen molar-refractivity contribution in [2.24, 2.45) is 0 Å². The fourth-order valence-corrected chi connectivity index (χ4v) is 11.3. The minimum absolute atomic E-state index is 0.00950. The van der Waals surface area contributed by atoms with Gasteiger partial charge in [-0.3, -0.25) is 9.59 Å². The van der Waals surface area contributed by atoms with E-state index in [0.29, 0.717) is 19.4 Å². The molecule has 0 aromatic rings. The van der Waals surface area contributed by atoms with Gasteiger partial charge in [-0.05, 0) is 57.8 Å². The van der Waals surface area contributed by atoms with Crippen molar-refractivity contribution in [2.45, 2.75) is 411 Å². The summed E-state index contributed by atoms with van der Waals surface area (Å²) in [6.07, 6.45) is 85.3. The van der Waals surface area contributed by atoms with Crippen molar-refractivity contribution in [1.29, 1.82) is 0 Å². The minimum atomic E-state index is -0.846. The van der Waals surface area contributed by atoms with Gasteiger partial charge in [-0.15, -0.1) is 0 Å². The number of rotatable bonds is 67. The van der Waals surface area contributed by atoms with Crippen molar-refractivity contribution >= 4 is 11.9 Å². The number of aliphatic hydroxyl groups is 2. The average molecular weight is 1100 g/mol. The normalized spacial score (nSPS) is 12.6. The smallest absolute Gasteiger partial charge is 0.305 e. The summed E-state index contributed by atoms with van der Waals surface area (Å²) < 4.78 is 5.50. The molecule has 1 amide bonds. The summed E-state index contributed by atoms with van der Waals surface area (Å²) in [5.74, 6) is -0.0552. The van der Waals surface area contributed by atoms with Gasteiger partial charge in [-0.1, -0.05) is 353 Å². The second kappa shape index (κ2) is 67.8. The van der Waals surface area contributed by atoms with Gasteiger partial charge >= 0.3 is 5.97 Å². The molecule has 0 fully saturated rings. The van der Waals surface area contributed by atoms with Crippen LogP contribution in [-0.4, -0.2) is 47.4 Å². The van der Waals surface area contributed by atoms with E-state index in [1.807, 2.05) is 6.08 Å². The Morgan fingerprint density at radius 3 is 0.910 bits per heavy atom. The molecule has 78 heavy (non-hydrogen) atoms. The highest BCUT2D eigenvalue weighted by molar-refractivity contribution is 5.76. The summed E-state index contributed by atoms with van der Waals surface area (Å²) in [5, 5.41) is 23.3. The Balaban J connectivity index is 3.40. The number of hydrogen-bond acceptors (Lipinski definition) is 5. The van der Waals surface area contributed by atoms with E-state index in [9.17, 15) is 19.8 Å². The highest BCUT2D eigenvalue weighted by Gasteiger charge is 2.18. The standard InChI is InChI=1S/C72H139NO5/c1-3-5-7-9-11-13-15-17-19-21-23-24-26-29-32-36-40-44-48-52-56-60-64-70(75)69(68-74)73-71(76)65-61-57-53-49-45-41-37-33-30-27-25-28-31-35-39-43-47-51-55-59-63-67-78-72(77)66-62-58-54-50-46-42-38-34-22-20-18-16-14-12-10-8-6-4-2/h20,22,60,64,69-70,74-75H,3-19,21,23-59,61-63,65-68H2,1-2H3,(H,73,76)/b22-20-,64-60+. The molecule has 0 bridgehead atoms. The lowest BCUT2D eigenvalue weighted by Gasteiger charge is -2.20. The van der Waals surface area contributed by atoms with E-state index in [-0.39, 0.29) is 18.5 Å². The van der Waals surface area contributed by atoms with Crippen molar-refractivity contribution in [1.82, 2.24) is 5.32 Å². The first kappa shape index (κ1) is 76.3. The van der Waals surface area contributed by atoms with Crippen LogP contribution in [0.2, 0.25) is 0 Å². The van der Waals surface area contributed by atoms with Crippen molar-refractivity contribution in [3.05, 3.63) is 24.3 Å². The molecule has 2 atom stereocenters. The quantitative estimate of drug-likeness (QED) is 0.0320. The third kappa shape index (κ3) is 63.5. The van der Waals surface area contributed by atoms with E-state index in [2.05, 4.69) is 31.3 Å². The molecule has 0 saturated carbocycles. The van der Waals surface area contributed by atoms with Crippen LogP contribution in [0.25, 0.3) is 0 Å². The molecular weight excluding hydrogens is 959 g/mol. The molecule has 6 nitrogen and oxygen atoms in total. The number of ether oxygens (including phenoxy) is 1. The SMILES string of the molecule is CCCCCCCCC/C=C\CCCCCCCCCC(=O)OCCCCCCCCCCCCCCCCCCCCCCCC(=O)NC(CO)C(O)/C=C/CCCCCCCCCCCCCCCCCCCCCC. The highest BCUT2D eigenvalue weighted by atomic mass is 16.5. The topological polar surface area (TPSA) is 95.9 Å². The molecule has 0 aliphatic rings. The average Bonchev–Trinajstić information content (AvgIpc) is 3.44. The molecule has 0 spiro atoms. The number of amides is 1. The number of unbranched alkanes of at least 4 members (excludes halogenated alkanes) is 54. The van der Waals surface area contributed by atoms with Crippen molar-refractivity contribution in [3.63, 3.8) is 0 Å². The van der Waals surface area contributed by atoms with Crippen LogP contribution >= 0.6 is 0 Å². The van der Waals surface area contributed by atoms with E-state index >= 15 is 0 Å². The number of allylic oxidation sites excluding steroid dienone is 3. The number of hydrogen-bond donors (Lipinski definition) is 3. The Bertz CT molecular complexity index is 1220. The first-order valence-electron chi connectivity index (χ1n) is 35.6. The van der Waals surface area contributed by atoms with Crippen LogP contribution in [0.4, 0.5) is 0 Å². The maximum atomic E-state index is 12.5. The summed E-state index contributed by atoms with van der Waals surface area (Å²) in [6, 6.07) is -0.630. The molecule has 0 aromatic carbocycles. The summed E-state index contributed by atoms with van der Waals surface area (Å²) in [6.45, 7) is 4.94. The van der Waals surface area contributed by atoms with Gasteiger partial charge in [-0.25, -0.2) is 0 Å². The lowest BCUT2D eigenvalue weighted by atomic mass is 10.0. The molecule has 0 aliphatic carbocycles. The van der Waals surface area contributed by atoms with Gasteiger partial charge in [0.15, 0.2) is 0 Å². The second-order valence-corrected chi connectivity index (χ2v) is 24.6. The molecule has 0 radical (unpaired) electrons. The molecule has 2 unspecified atom stereocenters. The zero-order valence-electron chi connectivity index (χ0n) is 52.9. The molecule has 0 saturated heterocycles. The van der Waals surface area contributed by atoms with Crippen LogP contribution in [0.15, 0.2) is 24.3 Å². The maximum absolute atomic E-state index is 12.5. The molecule has 0 heterocycles. The molecule has 0 aliphatic heterocycles. The summed E-state index contributed by atoms with van der Waals surface area (Å²) in [4.78, 5) is 24.6. The van der Waals surface area contributed by atoms with Gasteiger partial charge in [0.2, 0.25) is 5.91 Å². The Morgan fingerprint density at radius 2 is 0.603 bits per heavy atom. The van der Waals surface area contributed by atoms with Crippen molar-refractivity contribution in [3.8, 4) is 0 Å². The summed E-state index contributed by atoms with van der Waals surface area (Å²) in [7, 11) is 0. The fraction of sp³-hybridized carbons (Fsp3) is 0.917. The number of esters is 1. The van der Waals surface area contributed by atoms with Crippen LogP contribution in [-0.2, 0) is 14.3 Å². The minimum Gasteiger partial charge on any atom is -0.466 e. The molecular formula is C72H139NO5. The predicted molar refractivity (Wildman–Crippen MR) is 343 cm³/mol. The first-order chi connectivity index (χ1) is 38.5. The Labute approximate surface area is 488 Å². The molecule has 6 heteroatoms. The lowest BCUT2D eigenvalue weighted by molar-refractivity contribution is -0.143. The first-order valence-corrected chi connectivity index (χ1v) is 35.6. The number of aliphatic hydroxyl groups excluding tert-OH is 2. The summed E-state index contributed by atoms with van der Waals surface area (Å²) >= 11 is 0.